The van der Waals surface area contributed by atoms with Crippen molar-refractivity contribution in [1.82, 2.24) is 0 Å². The van der Waals surface area contributed by atoms with Crippen LogP contribution in [0, 0.1) is 0 Å². The summed E-state index contributed by atoms with van der Waals surface area (Å²) in [6.07, 6.45) is 0. The molecule has 0 radical (unpaired) electrons. The Balaban J connectivity index is 2.83. The molecule has 1 atom stereocenters. The smallest absolute Gasteiger partial charge is 0.230 e. The Morgan fingerprint density at radius 3 is 2.77 bits per heavy atom. The lowest BCUT2D eigenvalue weighted by Gasteiger charge is -1.99. The molecule has 0 bridgehead atoms. The molecule has 13 heavy (non-hydrogen) atoms. The molecular formula is C8H9NO3S. The first-order valence-corrected chi connectivity index (χ1v) is 4.87. The van der Waals surface area contributed by atoms with Crippen LogP contribution in [-0.4, -0.2) is 21.0 Å². The van der Waals surface area contributed by atoms with Gasteiger partial charge in [0.2, 0.25) is 5.91 Å². The van der Waals surface area contributed by atoms with Gasteiger partial charge in [0.25, 0.3) is 0 Å². The minimum atomic E-state index is -1.46. The van der Waals surface area contributed by atoms with Gasteiger partial charge in [-0.2, -0.15) is 0 Å². The van der Waals surface area contributed by atoms with Gasteiger partial charge in [-0.15, -0.1) is 0 Å². The van der Waals surface area contributed by atoms with Crippen LogP contribution in [0.3, 0.4) is 0 Å². The molecule has 1 unspecified atom stereocenters. The van der Waals surface area contributed by atoms with E-state index in [4.69, 9.17) is 10.8 Å². The van der Waals surface area contributed by atoms with Gasteiger partial charge >= 0.3 is 0 Å². The first kappa shape index (κ1) is 9.73. The van der Waals surface area contributed by atoms with E-state index in [0.29, 0.717) is 4.90 Å². The Morgan fingerprint density at radius 2 is 2.23 bits per heavy atom. The molecule has 0 aromatic heterocycles. The maximum absolute atomic E-state index is 11.3. The van der Waals surface area contributed by atoms with E-state index in [9.17, 15) is 9.00 Å². The lowest BCUT2D eigenvalue weighted by Crippen LogP contribution is -2.19. The standard InChI is InChI=1S/C8H9NO3S/c9-8(11)5-13(12)7-3-1-2-6(10)4-7/h1-4,10H,5H2,(H2,9,11). The zero-order chi connectivity index (χ0) is 9.84. The van der Waals surface area contributed by atoms with E-state index >= 15 is 0 Å². The summed E-state index contributed by atoms with van der Waals surface area (Å²) in [6, 6.07) is 5.94. The summed E-state index contributed by atoms with van der Waals surface area (Å²) in [5.41, 5.74) is 4.87. The fourth-order valence-corrected chi connectivity index (χ4v) is 1.75. The summed E-state index contributed by atoms with van der Waals surface area (Å²) >= 11 is 0. The molecule has 5 heteroatoms. The Hall–Kier alpha value is -1.36. The normalized spacial score (nSPS) is 12.3. The van der Waals surface area contributed by atoms with Crippen LogP contribution in [-0.2, 0) is 15.6 Å². The van der Waals surface area contributed by atoms with Crippen molar-refractivity contribution in [2.75, 3.05) is 5.75 Å². The maximum Gasteiger partial charge on any atom is 0.230 e. The fraction of sp³-hybridized carbons (Fsp3) is 0.125. The van der Waals surface area contributed by atoms with Gasteiger partial charge in [-0.3, -0.25) is 9.00 Å². The Bertz CT molecular complexity index is 351. The summed E-state index contributed by atoms with van der Waals surface area (Å²) in [5, 5.41) is 9.05. The van der Waals surface area contributed by atoms with E-state index in [0.717, 1.165) is 0 Å². The number of carbonyl (C=O) groups excluding carboxylic acids is 1. The Morgan fingerprint density at radius 1 is 1.54 bits per heavy atom. The number of hydrogen-bond donors (Lipinski definition) is 2. The van der Waals surface area contributed by atoms with Crippen molar-refractivity contribution >= 4 is 16.7 Å². The zero-order valence-electron chi connectivity index (χ0n) is 6.77. The van der Waals surface area contributed by atoms with Crippen LogP contribution in [0.4, 0.5) is 0 Å². The highest BCUT2D eigenvalue weighted by Crippen LogP contribution is 2.14. The number of carbonyl (C=O) groups is 1. The number of nitrogens with two attached hydrogens (primary N) is 1. The molecule has 0 aliphatic carbocycles. The third-order valence-corrected chi connectivity index (χ3v) is 2.68. The number of primary amides is 1. The molecule has 0 heterocycles. The van der Waals surface area contributed by atoms with Crippen LogP contribution in [0.15, 0.2) is 29.2 Å². The second-order valence-corrected chi connectivity index (χ2v) is 3.90. The van der Waals surface area contributed by atoms with Crippen molar-refractivity contribution in [3.8, 4) is 5.75 Å². The van der Waals surface area contributed by atoms with Crippen molar-refractivity contribution in [1.29, 1.82) is 0 Å². The van der Waals surface area contributed by atoms with E-state index < -0.39 is 16.7 Å². The molecule has 0 saturated carbocycles. The Kier molecular flexibility index (Phi) is 3.02. The summed E-state index contributed by atoms with van der Waals surface area (Å²) < 4.78 is 11.3. The summed E-state index contributed by atoms with van der Waals surface area (Å²) in [5.74, 6) is -0.819. The SMILES string of the molecule is NC(=O)CS(=O)c1cccc(O)c1. The van der Waals surface area contributed by atoms with Gasteiger partial charge in [0.05, 0.1) is 10.8 Å². The van der Waals surface area contributed by atoms with E-state index in [1.807, 2.05) is 0 Å². The van der Waals surface area contributed by atoms with Crippen molar-refractivity contribution < 1.29 is 14.1 Å². The van der Waals surface area contributed by atoms with Crippen LogP contribution >= 0.6 is 0 Å². The van der Waals surface area contributed by atoms with E-state index in [2.05, 4.69) is 0 Å². The molecule has 1 amide bonds. The molecule has 0 saturated heterocycles. The monoisotopic (exact) mass is 199 g/mol. The predicted octanol–water partition coefficient (Wildman–Crippen LogP) is -0.0149. The molecule has 1 aromatic rings. The van der Waals surface area contributed by atoms with Gasteiger partial charge in [-0.25, -0.2) is 0 Å². The van der Waals surface area contributed by atoms with E-state index in [-0.39, 0.29) is 11.5 Å². The number of phenols is 1. The first-order chi connectivity index (χ1) is 6.09. The van der Waals surface area contributed by atoms with Crippen LogP contribution in [0.1, 0.15) is 0 Å². The third-order valence-electron chi connectivity index (χ3n) is 1.35. The molecule has 4 nitrogen and oxygen atoms in total. The van der Waals surface area contributed by atoms with Gasteiger partial charge in [0.15, 0.2) is 0 Å². The van der Waals surface area contributed by atoms with Gasteiger partial charge in [0.1, 0.15) is 11.5 Å². The number of benzene rings is 1. The first-order valence-electron chi connectivity index (χ1n) is 3.55. The largest absolute Gasteiger partial charge is 0.508 e. The molecule has 0 fully saturated rings. The van der Waals surface area contributed by atoms with Crippen LogP contribution in [0.25, 0.3) is 0 Å². The number of phenolic OH excluding ortho intramolecular Hbond substituents is 1. The minimum absolute atomic E-state index is 0.0234. The lowest BCUT2D eigenvalue weighted by atomic mass is 10.3. The highest BCUT2D eigenvalue weighted by molar-refractivity contribution is 7.85. The molecule has 1 rings (SSSR count). The average molecular weight is 199 g/mol. The van der Waals surface area contributed by atoms with Crippen molar-refractivity contribution in [2.24, 2.45) is 5.73 Å². The molecule has 3 N–H and O–H groups in total. The number of hydrogen-bond acceptors (Lipinski definition) is 3. The fourth-order valence-electron chi connectivity index (χ4n) is 0.838. The molecule has 1 aromatic carbocycles. The average Bonchev–Trinajstić information content (AvgIpc) is 2.03. The van der Waals surface area contributed by atoms with Gasteiger partial charge in [0, 0.05) is 4.90 Å². The Labute approximate surface area is 77.8 Å². The van der Waals surface area contributed by atoms with Crippen molar-refractivity contribution in [3.63, 3.8) is 0 Å². The van der Waals surface area contributed by atoms with Crippen LogP contribution in [0.2, 0.25) is 0 Å². The molecular weight excluding hydrogens is 190 g/mol. The molecule has 0 aliphatic heterocycles. The quantitative estimate of drug-likeness (QED) is 0.718. The van der Waals surface area contributed by atoms with E-state index in [1.54, 1.807) is 12.1 Å². The van der Waals surface area contributed by atoms with Crippen molar-refractivity contribution in [3.05, 3.63) is 24.3 Å². The van der Waals surface area contributed by atoms with Gasteiger partial charge < -0.3 is 10.8 Å². The summed E-state index contributed by atoms with van der Waals surface area (Å²) in [4.78, 5) is 10.8. The highest BCUT2D eigenvalue weighted by Gasteiger charge is 2.07. The van der Waals surface area contributed by atoms with Gasteiger partial charge in [-0.05, 0) is 18.2 Å². The second-order valence-electron chi connectivity index (χ2n) is 2.45. The minimum Gasteiger partial charge on any atom is -0.508 e. The molecule has 70 valence electrons. The van der Waals surface area contributed by atoms with E-state index in [1.165, 1.54) is 12.1 Å². The second kappa shape index (κ2) is 4.04. The zero-order valence-corrected chi connectivity index (χ0v) is 7.58. The predicted molar refractivity (Wildman–Crippen MR) is 48.6 cm³/mol. The van der Waals surface area contributed by atoms with Crippen LogP contribution < -0.4 is 5.73 Å². The van der Waals surface area contributed by atoms with Gasteiger partial charge in [-0.1, -0.05) is 6.07 Å². The summed E-state index contributed by atoms with van der Waals surface area (Å²) in [7, 11) is -1.46. The molecule has 0 aliphatic rings. The topological polar surface area (TPSA) is 80.4 Å². The number of amides is 1. The van der Waals surface area contributed by atoms with Crippen molar-refractivity contribution in [2.45, 2.75) is 4.90 Å². The third kappa shape index (κ3) is 2.87. The highest BCUT2D eigenvalue weighted by atomic mass is 32.2. The maximum atomic E-state index is 11.3. The lowest BCUT2D eigenvalue weighted by molar-refractivity contribution is -0.115. The summed E-state index contributed by atoms with van der Waals surface area (Å²) in [6.45, 7) is 0. The van der Waals surface area contributed by atoms with Crippen LogP contribution in [0.5, 0.6) is 5.75 Å². The molecule has 0 spiro atoms. The number of aromatic hydroxyl groups is 1. The number of rotatable bonds is 3.